The van der Waals surface area contributed by atoms with E-state index in [0.29, 0.717) is 19.7 Å². The minimum Gasteiger partial charge on any atom is -0.370 e. The fourth-order valence-corrected chi connectivity index (χ4v) is 3.47. The number of carbonyl (C=O) groups is 1. The lowest BCUT2D eigenvalue weighted by molar-refractivity contribution is -0.122. The lowest BCUT2D eigenvalue weighted by Crippen LogP contribution is -2.48. The molecule has 2 N–H and O–H groups in total. The molecule has 1 saturated carbocycles. The number of hydrogen-bond acceptors (Lipinski definition) is 3. The second-order valence-corrected chi connectivity index (χ2v) is 7.47. The van der Waals surface area contributed by atoms with Crippen LogP contribution in [0.3, 0.4) is 0 Å². The molecule has 1 aliphatic heterocycles. The topological polar surface area (TPSA) is 66.0 Å². The van der Waals surface area contributed by atoms with Crippen LogP contribution in [-0.4, -0.2) is 56.1 Å². The Bertz CT molecular complexity index is 685. The Morgan fingerprint density at radius 1 is 1.30 bits per heavy atom. The van der Waals surface area contributed by atoms with Gasteiger partial charge >= 0.3 is 0 Å². The highest BCUT2D eigenvalue weighted by Crippen LogP contribution is 2.28. The van der Waals surface area contributed by atoms with Gasteiger partial charge in [0.25, 0.3) is 0 Å². The Morgan fingerprint density at radius 3 is 2.81 bits per heavy atom. The monoisotopic (exact) mass is 372 g/mol. The van der Waals surface area contributed by atoms with Crippen molar-refractivity contribution >= 4 is 11.9 Å². The van der Waals surface area contributed by atoms with Gasteiger partial charge in [0.15, 0.2) is 5.96 Å². The van der Waals surface area contributed by atoms with Crippen LogP contribution in [0.1, 0.15) is 42.6 Å². The first-order chi connectivity index (χ1) is 13.1. The summed E-state index contributed by atoms with van der Waals surface area (Å²) in [5, 5.41) is 6.35. The molecule has 0 aromatic heterocycles. The Balaban J connectivity index is 1.59. The van der Waals surface area contributed by atoms with Gasteiger partial charge in [-0.25, -0.2) is 0 Å². The minimum atomic E-state index is 0.0535. The van der Waals surface area contributed by atoms with Gasteiger partial charge in [0, 0.05) is 25.6 Å². The number of morpholine rings is 1. The summed E-state index contributed by atoms with van der Waals surface area (Å²) in [7, 11) is 0. The Hall–Kier alpha value is -2.08. The van der Waals surface area contributed by atoms with Crippen LogP contribution in [0.5, 0.6) is 0 Å². The van der Waals surface area contributed by atoms with E-state index in [9.17, 15) is 4.79 Å². The molecule has 27 heavy (non-hydrogen) atoms. The molecule has 1 saturated heterocycles. The molecular weight excluding hydrogens is 340 g/mol. The zero-order valence-electron chi connectivity index (χ0n) is 16.8. The molecule has 1 atom stereocenters. The number of benzene rings is 1. The molecule has 1 aromatic rings. The van der Waals surface area contributed by atoms with Crippen molar-refractivity contribution in [3.8, 4) is 0 Å². The molecule has 1 amide bonds. The van der Waals surface area contributed by atoms with Crippen LogP contribution in [0.25, 0.3) is 0 Å². The van der Waals surface area contributed by atoms with E-state index >= 15 is 0 Å². The standard InChI is InChI=1S/C21H32N4O2/c1-4-22-21(24-10-9-23-20(26)17-6-7-17)25-11-12-27-19(14-25)18-8-5-15(2)13-16(18)3/h5,8,13,17,19H,4,6-7,9-12,14H2,1-3H3,(H,22,24)(H,23,26). The Morgan fingerprint density at radius 2 is 2.11 bits per heavy atom. The fraction of sp³-hybridized carbons (Fsp3) is 0.619. The molecule has 2 fully saturated rings. The lowest BCUT2D eigenvalue weighted by Gasteiger charge is -2.36. The zero-order chi connectivity index (χ0) is 19.2. The number of aliphatic imine (C=N–C) groups is 1. The van der Waals surface area contributed by atoms with Gasteiger partial charge in [-0.2, -0.15) is 0 Å². The fourth-order valence-electron chi connectivity index (χ4n) is 3.47. The van der Waals surface area contributed by atoms with Gasteiger partial charge in [0.05, 0.1) is 19.7 Å². The summed E-state index contributed by atoms with van der Waals surface area (Å²) in [4.78, 5) is 18.7. The summed E-state index contributed by atoms with van der Waals surface area (Å²) >= 11 is 0. The summed E-state index contributed by atoms with van der Waals surface area (Å²) in [6.45, 7) is 10.6. The molecule has 1 aromatic carbocycles. The number of guanidine groups is 1. The first-order valence-corrected chi connectivity index (χ1v) is 10.1. The number of rotatable bonds is 6. The maximum Gasteiger partial charge on any atom is 0.223 e. The van der Waals surface area contributed by atoms with Crippen molar-refractivity contribution in [2.75, 3.05) is 39.3 Å². The van der Waals surface area contributed by atoms with Crippen LogP contribution in [0, 0.1) is 19.8 Å². The molecule has 1 heterocycles. The average Bonchev–Trinajstić information content (AvgIpc) is 3.49. The third kappa shape index (κ3) is 5.45. The maximum atomic E-state index is 11.7. The molecule has 3 rings (SSSR count). The maximum absolute atomic E-state index is 11.7. The van der Waals surface area contributed by atoms with Gasteiger partial charge in [-0.05, 0) is 44.7 Å². The number of carbonyl (C=O) groups excluding carboxylic acids is 1. The van der Waals surface area contributed by atoms with Crippen LogP contribution >= 0.6 is 0 Å². The first kappa shape index (κ1) is 19.7. The van der Waals surface area contributed by atoms with E-state index in [-0.39, 0.29) is 17.9 Å². The van der Waals surface area contributed by atoms with Crippen LogP contribution in [0.4, 0.5) is 0 Å². The van der Waals surface area contributed by atoms with Crippen LogP contribution in [0.15, 0.2) is 23.2 Å². The van der Waals surface area contributed by atoms with Crippen molar-refractivity contribution in [3.05, 3.63) is 34.9 Å². The molecule has 6 nitrogen and oxygen atoms in total. The van der Waals surface area contributed by atoms with E-state index in [1.165, 1.54) is 16.7 Å². The number of aryl methyl sites for hydroxylation is 2. The molecule has 1 aliphatic carbocycles. The second-order valence-electron chi connectivity index (χ2n) is 7.47. The molecule has 6 heteroatoms. The van der Waals surface area contributed by atoms with E-state index in [2.05, 4.69) is 54.5 Å². The second kappa shape index (κ2) is 9.22. The van der Waals surface area contributed by atoms with E-state index in [1.807, 2.05) is 0 Å². The van der Waals surface area contributed by atoms with Gasteiger partial charge in [0.1, 0.15) is 6.10 Å². The lowest BCUT2D eigenvalue weighted by atomic mass is 10.00. The van der Waals surface area contributed by atoms with E-state index < -0.39 is 0 Å². The summed E-state index contributed by atoms with van der Waals surface area (Å²) < 4.78 is 6.05. The van der Waals surface area contributed by atoms with Crippen molar-refractivity contribution in [2.45, 2.75) is 39.7 Å². The van der Waals surface area contributed by atoms with Crippen LogP contribution in [-0.2, 0) is 9.53 Å². The van der Waals surface area contributed by atoms with Crippen molar-refractivity contribution in [1.29, 1.82) is 0 Å². The molecular formula is C21H32N4O2. The van der Waals surface area contributed by atoms with Crippen molar-refractivity contribution in [3.63, 3.8) is 0 Å². The van der Waals surface area contributed by atoms with Crippen molar-refractivity contribution in [1.82, 2.24) is 15.5 Å². The predicted molar refractivity (Wildman–Crippen MR) is 108 cm³/mol. The minimum absolute atomic E-state index is 0.0535. The van der Waals surface area contributed by atoms with E-state index in [1.54, 1.807) is 0 Å². The third-order valence-electron chi connectivity index (χ3n) is 5.09. The van der Waals surface area contributed by atoms with Crippen LogP contribution < -0.4 is 10.6 Å². The van der Waals surface area contributed by atoms with E-state index in [0.717, 1.165) is 38.4 Å². The highest BCUT2D eigenvalue weighted by Gasteiger charge is 2.29. The Labute approximate surface area is 162 Å². The highest BCUT2D eigenvalue weighted by molar-refractivity contribution is 5.81. The quantitative estimate of drug-likeness (QED) is 0.456. The SMILES string of the molecule is CCNC(=NCCNC(=O)C1CC1)N1CCOC(c2ccc(C)cc2C)C1. The number of hydrogen-bond donors (Lipinski definition) is 2. The molecule has 0 spiro atoms. The Kier molecular flexibility index (Phi) is 6.72. The first-order valence-electron chi connectivity index (χ1n) is 10.1. The predicted octanol–water partition coefficient (Wildman–Crippen LogP) is 2.17. The summed E-state index contributed by atoms with van der Waals surface area (Å²) in [5.41, 5.74) is 3.79. The summed E-state index contributed by atoms with van der Waals surface area (Å²) in [6, 6.07) is 6.53. The van der Waals surface area contributed by atoms with Gasteiger partial charge in [-0.1, -0.05) is 23.8 Å². The summed E-state index contributed by atoms with van der Waals surface area (Å²) in [6.07, 6.45) is 2.12. The van der Waals surface area contributed by atoms with Gasteiger partial charge < -0.3 is 20.3 Å². The molecule has 148 valence electrons. The zero-order valence-corrected chi connectivity index (χ0v) is 16.8. The van der Waals surface area contributed by atoms with Crippen LogP contribution in [0.2, 0.25) is 0 Å². The molecule has 0 radical (unpaired) electrons. The van der Waals surface area contributed by atoms with Gasteiger partial charge in [-0.15, -0.1) is 0 Å². The van der Waals surface area contributed by atoms with Gasteiger partial charge in [-0.3, -0.25) is 9.79 Å². The number of nitrogens with zero attached hydrogens (tertiary/aromatic N) is 2. The van der Waals surface area contributed by atoms with Crippen molar-refractivity contribution in [2.24, 2.45) is 10.9 Å². The normalized spacial score (nSPS) is 20.5. The largest absolute Gasteiger partial charge is 0.370 e. The van der Waals surface area contributed by atoms with E-state index in [4.69, 9.17) is 9.73 Å². The highest BCUT2D eigenvalue weighted by atomic mass is 16.5. The number of amides is 1. The number of ether oxygens (including phenoxy) is 1. The molecule has 2 aliphatic rings. The van der Waals surface area contributed by atoms with Gasteiger partial charge in [0.2, 0.25) is 5.91 Å². The molecule has 0 bridgehead atoms. The van der Waals surface area contributed by atoms with Crippen molar-refractivity contribution < 1.29 is 9.53 Å². The summed E-state index contributed by atoms with van der Waals surface area (Å²) in [5.74, 6) is 1.33. The molecule has 1 unspecified atom stereocenters. The number of nitrogens with one attached hydrogen (secondary N) is 2. The smallest absolute Gasteiger partial charge is 0.223 e. The third-order valence-corrected chi connectivity index (χ3v) is 5.09. The average molecular weight is 373 g/mol.